The molecule has 0 saturated heterocycles. The molecule has 0 atom stereocenters. The molecule has 0 aliphatic heterocycles. The zero-order valence-electron chi connectivity index (χ0n) is 20.0. The number of imidazole rings is 1. The van der Waals surface area contributed by atoms with Crippen LogP contribution in [0.15, 0.2) is 127 Å². The fraction of sp³-hybridized carbons (Fsp3) is 0.0606. The highest BCUT2D eigenvalue weighted by atomic mass is 15.2. The second-order valence-corrected chi connectivity index (χ2v) is 9.02. The van der Waals surface area contributed by atoms with Gasteiger partial charge in [-0.25, -0.2) is 4.57 Å². The standard InChI is InChI=1S/C33H27N2/c1-24-17-18-28(26-13-7-4-8-14-26)23-30(24)33-34(2)31-15-9-10-16-32(31)35(33)29-21-19-27(20-22-29)25-11-5-3-6-12-25/h3-23H,1-2H3/q+1. The highest BCUT2D eigenvalue weighted by Gasteiger charge is 2.27. The molecule has 0 fully saturated rings. The number of aromatic nitrogens is 2. The van der Waals surface area contributed by atoms with E-state index in [0.29, 0.717) is 0 Å². The number of nitrogens with zero attached hydrogens (tertiary/aromatic N) is 2. The Labute approximate surface area is 206 Å². The summed E-state index contributed by atoms with van der Waals surface area (Å²) in [6.45, 7) is 2.20. The van der Waals surface area contributed by atoms with Gasteiger partial charge in [-0.2, -0.15) is 4.57 Å². The van der Waals surface area contributed by atoms with E-state index in [1.165, 1.54) is 50.2 Å². The van der Waals surface area contributed by atoms with Crippen LogP contribution in [0.3, 0.4) is 0 Å². The van der Waals surface area contributed by atoms with Gasteiger partial charge in [0.25, 0.3) is 5.82 Å². The van der Waals surface area contributed by atoms with Gasteiger partial charge in [-0.3, -0.25) is 0 Å². The van der Waals surface area contributed by atoms with Gasteiger partial charge in [-0.1, -0.05) is 97.1 Å². The van der Waals surface area contributed by atoms with Gasteiger partial charge in [0.15, 0.2) is 11.0 Å². The Bertz CT molecular complexity index is 1630. The lowest BCUT2D eigenvalue weighted by Gasteiger charge is -2.10. The van der Waals surface area contributed by atoms with E-state index in [0.717, 1.165) is 5.69 Å². The van der Waals surface area contributed by atoms with E-state index >= 15 is 0 Å². The van der Waals surface area contributed by atoms with Gasteiger partial charge < -0.3 is 0 Å². The lowest BCUT2D eigenvalue weighted by molar-refractivity contribution is -0.633. The van der Waals surface area contributed by atoms with Crippen LogP contribution in [0.5, 0.6) is 0 Å². The highest BCUT2D eigenvalue weighted by Crippen LogP contribution is 2.33. The van der Waals surface area contributed by atoms with Crippen molar-refractivity contribution in [2.75, 3.05) is 0 Å². The van der Waals surface area contributed by atoms with Gasteiger partial charge in [-0.15, -0.1) is 0 Å². The lowest BCUT2D eigenvalue weighted by Crippen LogP contribution is -2.30. The van der Waals surface area contributed by atoms with Gasteiger partial charge in [0.2, 0.25) is 0 Å². The fourth-order valence-electron chi connectivity index (χ4n) is 4.98. The average molecular weight is 452 g/mol. The summed E-state index contributed by atoms with van der Waals surface area (Å²) < 4.78 is 4.71. The Balaban J connectivity index is 1.57. The molecule has 35 heavy (non-hydrogen) atoms. The number of hydrogen-bond donors (Lipinski definition) is 0. The Morgan fingerprint density at radius 2 is 1.09 bits per heavy atom. The van der Waals surface area contributed by atoms with Crippen molar-refractivity contribution in [1.82, 2.24) is 4.57 Å². The lowest BCUT2D eigenvalue weighted by atomic mass is 9.99. The Hall–Kier alpha value is -4.43. The molecule has 0 bridgehead atoms. The first-order valence-electron chi connectivity index (χ1n) is 12.0. The molecule has 0 aliphatic rings. The summed E-state index contributed by atoms with van der Waals surface area (Å²) >= 11 is 0. The number of rotatable bonds is 4. The van der Waals surface area contributed by atoms with Crippen LogP contribution in [0, 0.1) is 6.92 Å². The predicted molar refractivity (Wildman–Crippen MR) is 145 cm³/mol. The smallest absolute Gasteiger partial charge is 0.225 e. The number of fused-ring (bicyclic) bond motifs is 1. The van der Waals surface area contributed by atoms with E-state index in [4.69, 9.17) is 0 Å². The van der Waals surface area contributed by atoms with Crippen molar-refractivity contribution in [1.29, 1.82) is 0 Å². The molecule has 0 unspecified atom stereocenters. The normalized spacial score (nSPS) is 11.1. The van der Waals surface area contributed by atoms with E-state index in [-0.39, 0.29) is 0 Å². The third-order valence-corrected chi connectivity index (χ3v) is 6.83. The molecule has 0 saturated carbocycles. The average Bonchev–Trinajstić information content (AvgIpc) is 3.22. The Kier molecular flexibility index (Phi) is 5.27. The van der Waals surface area contributed by atoms with E-state index in [1.54, 1.807) is 0 Å². The summed E-state index contributed by atoms with van der Waals surface area (Å²) in [5.41, 5.74) is 10.9. The molecule has 6 aromatic rings. The first-order valence-corrected chi connectivity index (χ1v) is 12.0. The molecule has 1 heterocycles. The van der Waals surface area contributed by atoms with Crippen LogP contribution in [0.2, 0.25) is 0 Å². The minimum Gasteiger partial charge on any atom is -0.225 e. The minimum atomic E-state index is 1.15. The van der Waals surface area contributed by atoms with Crippen LogP contribution in [0.4, 0.5) is 0 Å². The number of aryl methyl sites for hydroxylation is 2. The van der Waals surface area contributed by atoms with Gasteiger partial charge in [0, 0.05) is 0 Å². The van der Waals surface area contributed by atoms with Crippen LogP contribution >= 0.6 is 0 Å². The maximum Gasteiger partial charge on any atom is 0.295 e. The van der Waals surface area contributed by atoms with Crippen molar-refractivity contribution in [2.24, 2.45) is 7.05 Å². The molecule has 0 spiro atoms. The SMILES string of the molecule is Cc1ccc(-c2ccccc2)cc1-c1n(-c2ccc(-c3ccccc3)cc2)c2ccccc2[n+]1C. The largest absolute Gasteiger partial charge is 0.295 e. The molecular weight excluding hydrogens is 424 g/mol. The van der Waals surface area contributed by atoms with E-state index in [9.17, 15) is 0 Å². The van der Waals surface area contributed by atoms with Gasteiger partial charge in [0.1, 0.15) is 5.69 Å². The first kappa shape index (κ1) is 21.1. The third kappa shape index (κ3) is 3.74. The van der Waals surface area contributed by atoms with Crippen molar-refractivity contribution in [3.63, 3.8) is 0 Å². The van der Waals surface area contributed by atoms with Gasteiger partial charge >= 0.3 is 0 Å². The number of para-hydroxylation sites is 2. The zero-order valence-corrected chi connectivity index (χ0v) is 20.0. The van der Waals surface area contributed by atoms with Crippen molar-refractivity contribution in [3.05, 3.63) is 133 Å². The van der Waals surface area contributed by atoms with Gasteiger partial charge in [0.05, 0.1) is 12.6 Å². The molecule has 0 N–H and O–H groups in total. The quantitative estimate of drug-likeness (QED) is 0.242. The van der Waals surface area contributed by atoms with E-state index in [1.807, 2.05) is 0 Å². The number of benzene rings is 5. The maximum atomic E-state index is 2.39. The summed E-state index contributed by atoms with van der Waals surface area (Å²) in [5, 5.41) is 0. The van der Waals surface area contributed by atoms with Crippen molar-refractivity contribution >= 4 is 11.0 Å². The molecule has 6 rings (SSSR count). The third-order valence-electron chi connectivity index (χ3n) is 6.83. The molecule has 5 aromatic carbocycles. The second kappa shape index (κ2) is 8.73. The van der Waals surface area contributed by atoms with E-state index in [2.05, 4.69) is 150 Å². The Morgan fingerprint density at radius 3 is 1.77 bits per heavy atom. The summed E-state index contributed by atoms with van der Waals surface area (Å²) in [4.78, 5) is 0. The van der Waals surface area contributed by atoms with Crippen molar-refractivity contribution in [3.8, 4) is 39.3 Å². The van der Waals surface area contributed by atoms with Crippen LogP contribution in [0.25, 0.3) is 50.4 Å². The van der Waals surface area contributed by atoms with Crippen molar-refractivity contribution in [2.45, 2.75) is 6.92 Å². The second-order valence-electron chi connectivity index (χ2n) is 9.02. The molecule has 0 amide bonds. The molecule has 2 nitrogen and oxygen atoms in total. The Morgan fingerprint density at radius 1 is 0.543 bits per heavy atom. The van der Waals surface area contributed by atoms with Crippen molar-refractivity contribution < 1.29 is 4.57 Å². The molecule has 168 valence electrons. The van der Waals surface area contributed by atoms with E-state index < -0.39 is 0 Å². The molecule has 2 heteroatoms. The predicted octanol–water partition coefficient (Wildman–Crippen LogP) is 7.76. The number of hydrogen-bond acceptors (Lipinski definition) is 0. The van der Waals surface area contributed by atoms with Gasteiger partial charge in [-0.05, 0) is 65.1 Å². The van der Waals surface area contributed by atoms with Crippen LogP contribution in [-0.4, -0.2) is 4.57 Å². The first-order chi connectivity index (χ1) is 17.2. The zero-order chi connectivity index (χ0) is 23.8. The molecular formula is C33H27N2+. The highest BCUT2D eigenvalue weighted by molar-refractivity contribution is 5.81. The fourth-order valence-corrected chi connectivity index (χ4v) is 4.98. The molecule has 1 aromatic heterocycles. The molecule has 0 radical (unpaired) electrons. The summed E-state index contributed by atoms with van der Waals surface area (Å²) in [6.07, 6.45) is 0. The molecule has 0 aliphatic carbocycles. The monoisotopic (exact) mass is 451 g/mol. The minimum absolute atomic E-state index is 1.15. The summed E-state index contributed by atoms with van der Waals surface area (Å²) in [7, 11) is 2.17. The maximum absolute atomic E-state index is 2.39. The van der Waals surface area contributed by atoms with Crippen LogP contribution in [-0.2, 0) is 7.05 Å². The summed E-state index contributed by atoms with van der Waals surface area (Å²) in [6, 6.07) is 45.5. The summed E-state index contributed by atoms with van der Waals surface area (Å²) in [5.74, 6) is 1.17. The van der Waals surface area contributed by atoms with Crippen LogP contribution in [0.1, 0.15) is 5.56 Å². The van der Waals surface area contributed by atoms with Crippen LogP contribution < -0.4 is 4.57 Å². The topological polar surface area (TPSA) is 8.81 Å².